The Labute approximate surface area is 470 Å². The summed E-state index contributed by atoms with van der Waals surface area (Å²) in [6.07, 6.45) is 1.23. The maximum Gasteiger partial charge on any atom is 0.407 e. The van der Waals surface area contributed by atoms with Crippen LogP contribution >= 0.6 is 0 Å². The van der Waals surface area contributed by atoms with E-state index in [9.17, 15) is 4.79 Å². The summed E-state index contributed by atoms with van der Waals surface area (Å²) in [4.78, 5) is 109. The summed E-state index contributed by atoms with van der Waals surface area (Å²) in [7, 11) is 1.55. The van der Waals surface area contributed by atoms with Crippen molar-refractivity contribution in [3.8, 4) is 11.5 Å². The number of hydrogen-bond donors (Lipinski definition) is 8. The molecule has 7 atom stereocenters. The van der Waals surface area contributed by atoms with E-state index in [2.05, 4.69) is 36.9 Å². The van der Waals surface area contributed by atoms with Crippen molar-refractivity contribution in [2.75, 3.05) is 39.8 Å². The number of aromatic nitrogens is 1. The van der Waals surface area contributed by atoms with Gasteiger partial charge in [-0.1, -0.05) is 103 Å². The summed E-state index contributed by atoms with van der Waals surface area (Å²) in [5.74, 6) is -3.55. The second-order valence-electron chi connectivity index (χ2n) is 21.1. The number of ether oxygens (including phenoxy) is 3. The smallest absolute Gasteiger partial charge is 0.407 e. The topological polar surface area (TPSA) is 264 Å². The predicted molar refractivity (Wildman–Crippen MR) is 304 cm³/mol. The Hall–Kier alpha value is -8.55. The first-order valence-electron chi connectivity index (χ1n) is 27.8. The second kappa shape index (κ2) is 27.6. The summed E-state index contributed by atoms with van der Waals surface area (Å²) in [5.41, 5.74) is 9.81. The molecule has 0 aliphatic carbocycles. The quantitative estimate of drug-likeness (QED) is 0.0655. The van der Waals surface area contributed by atoms with Gasteiger partial charge in [-0.3, -0.25) is 28.8 Å². The van der Waals surface area contributed by atoms with Gasteiger partial charge in [-0.25, -0.2) is 4.79 Å². The Bertz CT molecular complexity index is 3120. The summed E-state index contributed by atoms with van der Waals surface area (Å²) < 4.78 is 17.4. The second-order valence-corrected chi connectivity index (χ2v) is 21.1. The Balaban J connectivity index is 1.12. The minimum atomic E-state index is -1.40. The Morgan fingerprint density at radius 1 is 0.679 bits per heavy atom. The zero-order valence-corrected chi connectivity index (χ0v) is 45.4. The standard InChI is InChI=1S/C62H71N9O10/c1-79-47-21-22-50-49(34-47)45(36-66-50)32-51-55(72)33-44(29-41-23-26-64-27-24-41)57(73)68-52(30-40-17-19-46(20-18-40)80-38-42-13-7-3-8-14-42)58(74)69-53(31-39-11-5-2-6-12-39)61(77)71-37-48(81-62(78)65-28-25-63)35-54(71)59(75)70-56(60(76)67-51)43-15-9-4-10-16-43/h2-22,34,36,41,44,48,51-54,56,64,66H,23-33,35,37-38,63H2,1H3,(H,65,78)(H,67,76)(H,68,73)(H,69,74)(H,70,75)/t44-,48-,51-,52+,53+,54+,56+/m1/s1. The van der Waals surface area contributed by atoms with Gasteiger partial charge in [0.15, 0.2) is 5.78 Å². The molecule has 19 nitrogen and oxygen atoms in total. The number of amides is 6. The van der Waals surface area contributed by atoms with Crippen LogP contribution in [0.25, 0.3) is 10.9 Å². The first-order chi connectivity index (χ1) is 39.4. The van der Waals surface area contributed by atoms with Crippen molar-refractivity contribution in [3.05, 3.63) is 167 Å². The maximum atomic E-state index is 15.4. The van der Waals surface area contributed by atoms with Crippen molar-refractivity contribution in [1.82, 2.24) is 41.8 Å². The molecule has 0 unspecified atom stereocenters. The molecule has 0 spiro atoms. The molecular formula is C62H71N9O10. The van der Waals surface area contributed by atoms with Crippen LogP contribution < -0.4 is 47.1 Å². The van der Waals surface area contributed by atoms with Crippen LogP contribution in [0.3, 0.4) is 0 Å². The molecule has 0 bridgehead atoms. The van der Waals surface area contributed by atoms with Crippen LogP contribution in [0.2, 0.25) is 0 Å². The minimum absolute atomic E-state index is 0.01000. The molecule has 4 heterocycles. The average molecular weight is 1100 g/mol. The first-order valence-corrected chi connectivity index (χ1v) is 27.8. The van der Waals surface area contributed by atoms with E-state index in [4.69, 9.17) is 19.9 Å². The fourth-order valence-corrected chi connectivity index (χ4v) is 11.0. The van der Waals surface area contributed by atoms with Crippen LogP contribution in [0.4, 0.5) is 4.79 Å². The lowest BCUT2D eigenvalue weighted by atomic mass is 9.83. The molecule has 0 saturated carbocycles. The van der Waals surface area contributed by atoms with Crippen LogP contribution in [0.5, 0.6) is 11.5 Å². The number of carbonyl (C=O) groups excluding carboxylic acids is 7. The zero-order valence-electron chi connectivity index (χ0n) is 45.4. The first kappa shape index (κ1) is 57.1. The van der Waals surface area contributed by atoms with Crippen molar-refractivity contribution in [2.24, 2.45) is 17.6 Å². The monoisotopic (exact) mass is 1100 g/mol. The summed E-state index contributed by atoms with van der Waals surface area (Å²) in [6, 6.07) is 33.4. The normalized spacial score (nSPS) is 22.5. The third-order valence-corrected chi connectivity index (χ3v) is 15.4. The molecule has 6 aromatic rings. The SMILES string of the molecule is COc1ccc2[nH]cc(C[C@H]3NC(=O)[C@H](c4ccccc4)NC(=O)[C@@H]4C[C@@H](OC(=O)NCCN)CN4C(=O)[C@H](Cc4ccccc4)NC(=O)[C@H](Cc4ccc(OCc5ccccc5)cc4)NC(=O)[C@H](CC4CCNCC4)CC3=O)c2c1. The number of alkyl carbamates (subject to hydrolysis) is 1. The number of nitrogens with two attached hydrogens (primary N) is 1. The van der Waals surface area contributed by atoms with Gasteiger partial charge in [0.05, 0.1) is 19.7 Å². The molecule has 424 valence electrons. The van der Waals surface area contributed by atoms with E-state index in [0.717, 1.165) is 42.4 Å². The van der Waals surface area contributed by atoms with E-state index in [1.165, 1.54) is 4.90 Å². The number of methoxy groups -OCH3 is 1. The van der Waals surface area contributed by atoms with Crippen molar-refractivity contribution in [1.29, 1.82) is 0 Å². The van der Waals surface area contributed by atoms with Gasteiger partial charge in [0.2, 0.25) is 29.5 Å². The molecule has 3 aliphatic heterocycles. The Morgan fingerprint density at radius 2 is 1.32 bits per heavy atom. The van der Waals surface area contributed by atoms with Crippen molar-refractivity contribution >= 4 is 52.3 Å². The van der Waals surface area contributed by atoms with Crippen LogP contribution in [-0.2, 0) is 59.4 Å². The van der Waals surface area contributed by atoms with Crippen molar-refractivity contribution < 1.29 is 47.8 Å². The summed E-state index contributed by atoms with van der Waals surface area (Å²) in [5, 5.41) is 18.7. The van der Waals surface area contributed by atoms with E-state index in [-0.39, 0.29) is 57.7 Å². The number of benzene rings is 5. The average Bonchev–Trinajstić information content (AvgIpc) is 4.23. The number of hydrogen-bond acceptors (Lipinski definition) is 12. The summed E-state index contributed by atoms with van der Waals surface area (Å²) in [6.45, 7) is 1.77. The number of aromatic amines is 1. The molecule has 0 radical (unpaired) electrons. The van der Waals surface area contributed by atoms with Gasteiger partial charge in [-0.05, 0) is 96.4 Å². The molecule has 5 aromatic carbocycles. The maximum absolute atomic E-state index is 15.4. The fraction of sp³-hybridized carbons (Fsp3) is 0.371. The number of rotatable bonds is 16. The van der Waals surface area contributed by atoms with Gasteiger partial charge in [0, 0.05) is 68.2 Å². The molecule has 6 amide bonds. The van der Waals surface area contributed by atoms with Gasteiger partial charge in [0.25, 0.3) is 0 Å². The highest BCUT2D eigenvalue weighted by atomic mass is 16.6. The van der Waals surface area contributed by atoms with Gasteiger partial charge in [0.1, 0.15) is 48.4 Å². The Kier molecular flexibility index (Phi) is 19.4. The Morgan fingerprint density at radius 3 is 2.02 bits per heavy atom. The molecule has 1 aromatic heterocycles. The summed E-state index contributed by atoms with van der Waals surface area (Å²) >= 11 is 0. The van der Waals surface area contributed by atoms with Crippen LogP contribution in [-0.4, -0.2) is 121 Å². The predicted octanol–water partition coefficient (Wildman–Crippen LogP) is 4.73. The molecular weight excluding hydrogens is 1030 g/mol. The van der Waals surface area contributed by atoms with E-state index >= 15 is 28.8 Å². The lowest BCUT2D eigenvalue weighted by Crippen LogP contribution is -2.59. The van der Waals surface area contributed by atoms with E-state index in [1.807, 2.05) is 60.7 Å². The number of Topliss-reactive ketones (excluding diaryl/α,β-unsaturated/α-hetero) is 1. The van der Waals surface area contributed by atoms with Gasteiger partial charge in [-0.2, -0.15) is 0 Å². The third kappa shape index (κ3) is 15.2. The number of nitrogens with one attached hydrogen (secondary N) is 7. The fourth-order valence-electron chi connectivity index (χ4n) is 11.0. The minimum Gasteiger partial charge on any atom is -0.497 e. The molecule has 3 aliphatic rings. The van der Waals surface area contributed by atoms with Crippen LogP contribution in [0.15, 0.2) is 140 Å². The molecule has 3 saturated heterocycles. The molecule has 19 heteroatoms. The number of ketones is 1. The van der Waals surface area contributed by atoms with Crippen molar-refractivity contribution in [3.63, 3.8) is 0 Å². The van der Waals surface area contributed by atoms with E-state index in [1.54, 1.807) is 86.1 Å². The number of H-pyrrole nitrogens is 1. The van der Waals surface area contributed by atoms with Gasteiger partial charge in [-0.15, -0.1) is 0 Å². The highest BCUT2D eigenvalue weighted by Crippen LogP contribution is 2.30. The van der Waals surface area contributed by atoms with Gasteiger partial charge < -0.3 is 61.7 Å². The van der Waals surface area contributed by atoms with Crippen LogP contribution in [0.1, 0.15) is 66.0 Å². The lowest BCUT2D eigenvalue weighted by Gasteiger charge is -2.32. The largest absolute Gasteiger partial charge is 0.497 e. The zero-order chi connectivity index (χ0) is 56.7. The van der Waals surface area contributed by atoms with E-state index in [0.29, 0.717) is 46.8 Å². The molecule has 9 rings (SSSR count). The molecule has 81 heavy (non-hydrogen) atoms. The number of nitrogens with zero attached hydrogens (tertiary/aromatic N) is 1. The number of fused-ring (bicyclic) bond motifs is 2. The highest BCUT2D eigenvalue weighted by Gasteiger charge is 2.45. The third-order valence-electron chi connectivity index (χ3n) is 15.4. The molecule has 3 fully saturated rings. The lowest BCUT2D eigenvalue weighted by molar-refractivity contribution is -0.143. The number of carbonyl (C=O) groups is 7. The number of piperidine rings is 1. The molecule has 9 N–H and O–H groups in total. The van der Waals surface area contributed by atoms with Gasteiger partial charge >= 0.3 is 6.09 Å². The van der Waals surface area contributed by atoms with Crippen LogP contribution in [0, 0.1) is 11.8 Å². The highest BCUT2D eigenvalue weighted by molar-refractivity contribution is 5.99. The van der Waals surface area contributed by atoms with Crippen molar-refractivity contribution in [2.45, 2.75) is 94.3 Å². The van der Waals surface area contributed by atoms with E-state index < -0.39 is 83.6 Å².